The summed E-state index contributed by atoms with van der Waals surface area (Å²) in [6.07, 6.45) is 1.95. The van der Waals surface area contributed by atoms with Crippen LogP contribution in [0.4, 0.5) is 10.5 Å². The molecule has 1 saturated heterocycles. The third-order valence-corrected chi connectivity index (χ3v) is 7.81. The Labute approximate surface area is 216 Å². The topological polar surface area (TPSA) is 57.6 Å². The summed E-state index contributed by atoms with van der Waals surface area (Å²) in [7, 11) is 0. The van der Waals surface area contributed by atoms with Gasteiger partial charge in [0.2, 0.25) is 0 Å². The number of piperazine rings is 1. The number of amides is 3. The smallest absolute Gasteiger partial charge is 0.322 e. The molecule has 1 atom stereocenters. The molecule has 3 amide bonds. The molecule has 1 aliphatic rings. The summed E-state index contributed by atoms with van der Waals surface area (Å²) < 4.78 is 2.19. The van der Waals surface area contributed by atoms with Gasteiger partial charge in [-0.3, -0.25) is 4.79 Å². The summed E-state index contributed by atoms with van der Waals surface area (Å²) in [4.78, 5) is 31.4. The number of anilines is 1. The standard InChI is InChI=1S/C29H32N4O2S/c1-21-8-6-12-25(18-21)30-29(35)32-16-15-31(20-22(32)2)27(34)26-19-24-13-17-36-28(24)33(26)14-7-11-23-9-4-3-5-10-23/h3-6,8-10,12-13,17-19,22H,7,11,14-16,20H2,1-2H3,(H,30,35)/t22-/m1/s1. The van der Waals surface area contributed by atoms with Crippen molar-refractivity contribution in [3.63, 3.8) is 0 Å². The maximum atomic E-state index is 13.7. The second kappa shape index (κ2) is 10.6. The molecule has 7 heteroatoms. The van der Waals surface area contributed by atoms with Gasteiger partial charge in [0.15, 0.2) is 0 Å². The Morgan fingerprint density at radius 2 is 1.86 bits per heavy atom. The molecule has 6 nitrogen and oxygen atoms in total. The summed E-state index contributed by atoms with van der Waals surface area (Å²) in [5.74, 6) is 0.0451. The zero-order valence-electron chi connectivity index (χ0n) is 20.8. The van der Waals surface area contributed by atoms with Crippen molar-refractivity contribution in [2.75, 3.05) is 25.0 Å². The SMILES string of the molecule is Cc1cccc(NC(=O)N2CCN(C(=O)c3cc4ccsc4n3CCCc3ccccc3)C[C@H]2C)c1. The molecule has 1 aliphatic heterocycles. The second-order valence-electron chi connectivity index (χ2n) is 9.54. The van der Waals surface area contributed by atoms with Crippen molar-refractivity contribution < 1.29 is 9.59 Å². The van der Waals surface area contributed by atoms with Crippen molar-refractivity contribution in [1.82, 2.24) is 14.4 Å². The third kappa shape index (κ3) is 5.16. The second-order valence-corrected chi connectivity index (χ2v) is 10.4. The molecule has 0 aliphatic carbocycles. The number of benzene rings is 2. The zero-order valence-corrected chi connectivity index (χ0v) is 21.6. The van der Waals surface area contributed by atoms with Crippen LogP contribution >= 0.6 is 11.3 Å². The van der Waals surface area contributed by atoms with Gasteiger partial charge in [0, 0.05) is 43.3 Å². The minimum Gasteiger partial charge on any atom is -0.334 e. The summed E-state index contributed by atoms with van der Waals surface area (Å²) in [6.45, 7) is 6.36. The summed E-state index contributed by atoms with van der Waals surface area (Å²) in [5, 5.41) is 6.20. The first-order valence-electron chi connectivity index (χ1n) is 12.5. The van der Waals surface area contributed by atoms with E-state index in [-0.39, 0.29) is 18.0 Å². The van der Waals surface area contributed by atoms with E-state index in [4.69, 9.17) is 0 Å². The monoisotopic (exact) mass is 500 g/mol. The summed E-state index contributed by atoms with van der Waals surface area (Å²) in [5.41, 5.74) is 3.95. The fourth-order valence-corrected chi connectivity index (χ4v) is 5.91. The van der Waals surface area contributed by atoms with Crippen LogP contribution in [0.3, 0.4) is 0 Å². The molecular weight excluding hydrogens is 468 g/mol. The quantitative estimate of drug-likeness (QED) is 0.352. The molecule has 0 spiro atoms. The Morgan fingerprint density at radius 1 is 1.03 bits per heavy atom. The number of nitrogens with one attached hydrogen (secondary N) is 1. The van der Waals surface area contributed by atoms with Crippen LogP contribution in [0.5, 0.6) is 0 Å². The fourth-order valence-electron chi connectivity index (χ4n) is 4.98. The lowest BCUT2D eigenvalue weighted by molar-refractivity contribution is 0.0582. The first kappa shape index (κ1) is 24.1. The molecule has 2 aromatic heterocycles. The normalized spacial score (nSPS) is 15.9. The average Bonchev–Trinajstić information content (AvgIpc) is 3.46. The molecular formula is C29H32N4O2S. The number of urea groups is 1. The molecule has 186 valence electrons. The molecule has 36 heavy (non-hydrogen) atoms. The zero-order chi connectivity index (χ0) is 25.1. The highest BCUT2D eigenvalue weighted by Gasteiger charge is 2.31. The van der Waals surface area contributed by atoms with Crippen molar-refractivity contribution >= 4 is 39.2 Å². The maximum Gasteiger partial charge on any atom is 0.322 e. The van der Waals surface area contributed by atoms with E-state index in [0.717, 1.165) is 46.5 Å². The summed E-state index contributed by atoms with van der Waals surface area (Å²) in [6, 6.07) is 22.2. The number of hydrogen-bond donors (Lipinski definition) is 1. The number of aryl methyl sites for hydroxylation is 3. The lowest BCUT2D eigenvalue weighted by Crippen LogP contribution is -2.56. The minimum absolute atomic E-state index is 0.0451. The number of nitrogens with zero attached hydrogens (tertiary/aromatic N) is 3. The van der Waals surface area contributed by atoms with E-state index in [9.17, 15) is 9.59 Å². The lowest BCUT2D eigenvalue weighted by atomic mass is 10.1. The van der Waals surface area contributed by atoms with E-state index in [1.807, 2.05) is 60.0 Å². The molecule has 4 aromatic rings. The van der Waals surface area contributed by atoms with E-state index < -0.39 is 0 Å². The van der Waals surface area contributed by atoms with E-state index in [2.05, 4.69) is 45.6 Å². The first-order chi connectivity index (χ1) is 17.5. The predicted molar refractivity (Wildman–Crippen MR) is 147 cm³/mol. The van der Waals surface area contributed by atoms with Crippen LogP contribution in [0.2, 0.25) is 0 Å². The predicted octanol–water partition coefficient (Wildman–Crippen LogP) is 6.02. The van der Waals surface area contributed by atoms with Crippen LogP contribution in [0, 0.1) is 6.92 Å². The highest BCUT2D eigenvalue weighted by Crippen LogP contribution is 2.27. The Hall–Kier alpha value is -3.58. The maximum absolute atomic E-state index is 13.7. The van der Waals surface area contributed by atoms with E-state index in [1.54, 1.807) is 11.3 Å². The summed E-state index contributed by atoms with van der Waals surface area (Å²) >= 11 is 1.68. The van der Waals surface area contributed by atoms with Gasteiger partial charge in [0.05, 0.1) is 0 Å². The van der Waals surface area contributed by atoms with E-state index in [0.29, 0.717) is 19.6 Å². The van der Waals surface area contributed by atoms with Crippen LogP contribution in [0.15, 0.2) is 72.1 Å². The van der Waals surface area contributed by atoms with Crippen LogP contribution in [-0.4, -0.2) is 52.0 Å². The fraction of sp³-hybridized carbons (Fsp3) is 0.310. The Balaban J connectivity index is 1.25. The average molecular weight is 501 g/mol. The van der Waals surface area contributed by atoms with Crippen molar-refractivity contribution in [1.29, 1.82) is 0 Å². The number of carbonyl (C=O) groups is 2. The van der Waals surface area contributed by atoms with Crippen LogP contribution < -0.4 is 5.32 Å². The van der Waals surface area contributed by atoms with Gasteiger partial charge in [-0.25, -0.2) is 4.79 Å². The van der Waals surface area contributed by atoms with Crippen molar-refractivity contribution in [2.24, 2.45) is 0 Å². The van der Waals surface area contributed by atoms with Crippen molar-refractivity contribution in [3.8, 4) is 0 Å². The van der Waals surface area contributed by atoms with Crippen LogP contribution in [-0.2, 0) is 13.0 Å². The first-order valence-corrected chi connectivity index (χ1v) is 13.4. The lowest BCUT2D eigenvalue weighted by Gasteiger charge is -2.39. The van der Waals surface area contributed by atoms with Gasteiger partial charge in [0.25, 0.3) is 5.91 Å². The number of rotatable bonds is 6. The van der Waals surface area contributed by atoms with Gasteiger partial charge in [-0.15, -0.1) is 11.3 Å². The largest absolute Gasteiger partial charge is 0.334 e. The Morgan fingerprint density at radius 3 is 2.64 bits per heavy atom. The third-order valence-electron chi connectivity index (χ3n) is 6.86. The Bertz CT molecular complexity index is 1360. The molecule has 1 fully saturated rings. The Kier molecular flexibility index (Phi) is 7.09. The minimum atomic E-state index is -0.120. The van der Waals surface area contributed by atoms with Crippen LogP contribution in [0.25, 0.3) is 10.2 Å². The molecule has 0 saturated carbocycles. The van der Waals surface area contributed by atoms with Gasteiger partial charge in [-0.05, 0) is 67.5 Å². The molecule has 3 heterocycles. The highest BCUT2D eigenvalue weighted by atomic mass is 32.1. The molecule has 0 radical (unpaired) electrons. The van der Waals surface area contributed by atoms with E-state index >= 15 is 0 Å². The molecule has 5 rings (SSSR count). The van der Waals surface area contributed by atoms with Crippen LogP contribution in [0.1, 0.15) is 35.0 Å². The number of hydrogen-bond acceptors (Lipinski definition) is 3. The number of carbonyl (C=O) groups excluding carboxylic acids is 2. The van der Waals surface area contributed by atoms with Crippen molar-refractivity contribution in [2.45, 2.75) is 39.3 Å². The van der Waals surface area contributed by atoms with Gasteiger partial charge < -0.3 is 19.7 Å². The van der Waals surface area contributed by atoms with Gasteiger partial charge in [0.1, 0.15) is 10.5 Å². The molecule has 2 aromatic carbocycles. The van der Waals surface area contributed by atoms with Crippen molar-refractivity contribution in [3.05, 3.63) is 88.9 Å². The number of aromatic nitrogens is 1. The number of fused-ring (bicyclic) bond motifs is 1. The number of thiophene rings is 1. The molecule has 1 N–H and O–H groups in total. The van der Waals surface area contributed by atoms with E-state index in [1.165, 1.54) is 5.56 Å². The molecule has 0 bridgehead atoms. The highest BCUT2D eigenvalue weighted by molar-refractivity contribution is 7.16. The van der Waals surface area contributed by atoms with Gasteiger partial charge in [-0.2, -0.15) is 0 Å². The molecule has 0 unspecified atom stereocenters. The van der Waals surface area contributed by atoms with Gasteiger partial charge >= 0.3 is 6.03 Å². The van der Waals surface area contributed by atoms with Gasteiger partial charge in [-0.1, -0.05) is 42.5 Å².